The molecular formula is C21H30N2O4. The molecule has 1 aromatic heterocycles. The largest absolute Gasteiger partial charge is 0.488 e. The lowest BCUT2D eigenvalue weighted by Gasteiger charge is -2.27. The summed E-state index contributed by atoms with van der Waals surface area (Å²) < 4.78 is 12.0. The van der Waals surface area contributed by atoms with Crippen molar-refractivity contribution in [2.45, 2.75) is 71.3 Å². The van der Waals surface area contributed by atoms with E-state index in [4.69, 9.17) is 25.1 Å². The lowest BCUT2D eigenvalue weighted by Crippen LogP contribution is -2.31. The molecule has 3 rings (SSSR count). The van der Waals surface area contributed by atoms with Crippen LogP contribution >= 0.6 is 0 Å². The molecule has 1 saturated carbocycles. The third-order valence-corrected chi connectivity index (χ3v) is 4.41. The number of carbonyl (C=O) groups is 1. The Morgan fingerprint density at radius 1 is 1.26 bits per heavy atom. The van der Waals surface area contributed by atoms with Gasteiger partial charge in [-0.1, -0.05) is 12.1 Å². The highest BCUT2D eigenvalue weighted by atomic mass is 16.5. The molecule has 0 bridgehead atoms. The van der Waals surface area contributed by atoms with E-state index < -0.39 is 5.97 Å². The van der Waals surface area contributed by atoms with Gasteiger partial charge in [-0.05, 0) is 57.2 Å². The van der Waals surface area contributed by atoms with E-state index in [2.05, 4.69) is 17.1 Å². The van der Waals surface area contributed by atoms with Crippen LogP contribution in [0.3, 0.4) is 0 Å². The number of nitrogens with two attached hydrogens (primary N) is 1. The van der Waals surface area contributed by atoms with E-state index in [1.807, 2.05) is 32.2 Å². The van der Waals surface area contributed by atoms with Crippen molar-refractivity contribution in [1.29, 1.82) is 0 Å². The minimum Gasteiger partial charge on any atom is -0.488 e. The Hall–Kier alpha value is -2.18. The topological polar surface area (TPSA) is 94.7 Å². The quantitative estimate of drug-likeness (QED) is 0.824. The number of hydrogen-bond acceptors (Lipinski definition) is 5. The van der Waals surface area contributed by atoms with Gasteiger partial charge in [0.2, 0.25) is 0 Å². The molecule has 1 heterocycles. The van der Waals surface area contributed by atoms with E-state index in [0.717, 1.165) is 54.8 Å². The molecular weight excluding hydrogens is 344 g/mol. The zero-order valence-electron chi connectivity index (χ0n) is 16.4. The Bertz CT molecular complexity index is 736. The van der Waals surface area contributed by atoms with E-state index in [1.54, 1.807) is 0 Å². The monoisotopic (exact) mass is 374 g/mol. The molecule has 3 N–H and O–H groups in total. The van der Waals surface area contributed by atoms with Crippen LogP contribution in [0.5, 0.6) is 5.75 Å². The Morgan fingerprint density at radius 3 is 2.56 bits per heavy atom. The molecule has 0 saturated heterocycles. The first-order valence-electron chi connectivity index (χ1n) is 9.46. The Labute approximate surface area is 160 Å². The molecule has 0 aliphatic heterocycles. The first-order valence-corrected chi connectivity index (χ1v) is 9.46. The van der Waals surface area contributed by atoms with Crippen LogP contribution in [0.1, 0.15) is 52.0 Å². The fourth-order valence-electron chi connectivity index (χ4n) is 3.07. The number of pyridine rings is 1. The molecule has 1 aliphatic rings. The van der Waals surface area contributed by atoms with Gasteiger partial charge in [0.1, 0.15) is 11.3 Å². The van der Waals surface area contributed by atoms with Crippen LogP contribution in [0.4, 0.5) is 0 Å². The Kier molecular flexibility index (Phi) is 8.00. The van der Waals surface area contributed by atoms with Gasteiger partial charge in [-0.15, -0.1) is 0 Å². The summed E-state index contributed by atoms with van der Waals surface area (Å²) in [5.74, 6) is 0.0365. The second-order valence-corrected chi connectivity index (χ2v) is 7.16. The highest BCUT2D eigenvalue weighted by Crippen LogP contribution is 2.30. The van der Waals surface area contributed by atoms with Crippen LogP contribution in [-0.4, -0.2) is 34.3 Å². The SMILES string of the molecule is CC(=O)O.CC(C)OCc1ccc(OC2CCC(N)CC2)c2ncccc12. The second kappa shape index (κ2) is 10.2. The number of aliphatic carboxylic acids is 1. The van der Waals surface area contributed by atoms with Gasteiger partial charge in [-0.3, -0.25) is 9.78 Å². The predicted octanol–water partition coefficient (Wildman–Crippen LogP) is 3.90. The lowest BCUT2D eigenvalue weighted by atomic mass is 9.93. The molecule has 27 heavy (non-hydrogen) atoms. The van der Waals surface area contributed by atoms with Gasteiger partial charge in [-0.2, -0.15) is 0 Å². The molecule has 2 aromatic rings. The van der Waals surface area contributed by atoms with Crippen LogP contribution in [0, 0.1) is 0 Å². The molecule has 0 radical (unpaired) electrons. The summed E-state index contributed by atoms with van der Waals surface area (Å²) >= 11 is 0. The number of rotatable bonds is 5. The van der Waals surface area contributed by atoms with Crippen LogP contribution in [-0.2, 0) is 16.1 Å². The van der Waals surface area contributed by atoms with Gasteiger partial charge in [0, 0.05) is 24.5 Å². The highest BCUT2D eigenvalue weighted by Gasteiger charge is 2.21. The normalized spacial score (nSPS) is 19.4. The number of benzene rings is 1. The van der Waals surface area contributed by atoms with Gasteiger partial charge in [0.05, 0.1) is 18.8 Å². The number of carboxylic acids is 1. The summed E-state index contributed by atoms with van der Waals surface area (Å²) in [4.78, 5) is 13.5. The van der Waals surface area contributed by atoms with Crippen LogP contribution < -0.4 is 10.5 Å². The molecule has 0 atom stereocenters. The van der Waals surface area contributed by atoms with Gasteiger partial charge in [-0.25, -0.2) is 0 Å². The van der Waals surface area contributed by atoms with E-state index >= 15 is 0 Å². The van der Waals surface area contributed by atoms with Gasteiger partial charge < -0.3 is 20.3 Å². The molecule has 0 unspecified atom stereocenters. The van der Waals surface area contributed by atoms with Crippen LogP contribution in [0.25, 0.3) is 10.9 Å². The molecule has 6 nitrogen and oxygen atoms in total. The van der Waals surface area contributed by atoms with Crippen molar-refractivity contribution < 1.29 is 19.4 Å². The molecule has 0 amide bonds. The lowest BCUT2D eigenvalue weighted by molar-refractivity contribution is -0.134. The van der Waals surface area contributed by atoms with Crippen molar-refractivity contribution in [3.05, 3.63) is 36.0 Å². The van der Waals surface area contributed by atoms with Crippen molar-refractivity contribution in [3.8, 4) is 5.75 Å². The van der Waals surface area contributed by atoms with Crippen molar-refractivity contribution in [3.63, 3.8) is 0 Å². The smallest absolute Gasteiger partial charge is 0.300 e. The van der Waals surface area contributed by atoms with Crippen LogP contribution in [0.2, 0.25) is 0 Å². The second-order valence-electron chi connectivity index (χ2n) is 7.16. The number of aromatic nitrogens is 1. The van der Waals surface area contributed by atoms with E-state index in [1.165, 1.54) is 0 Å². The molecule has 148 valence electrons. The molecule has 1 aliphatic carbocycles. The van der Waals surface area contributed by atoms with Crippen molar-refractivity contribution >= 4 is 16.9 Å². The summed E-state index contributed by atoms with van der Waals surface area (Å²) in [6.45, 7) is 5.77. The Balaban J connectivity index is 0.000000596. The first kappa shape index (κ1) is 21.1. The summed E-state index contributed by atoms with van der Waals surface area (Å²) in [6.07, 6.45) is 6.40. The molecule has 0 spiro atoms. The minimum absolute atomic E-state index is 0.212. The zero-order chi connectivity index (χ0) is 19.8. The number of hydrogen-bond donors (Lipinski definition) is 2. The van der Waals surface area contributed by atoms with Gasteiger partial charge in [0.15, 0.2) is 0 Å². The van der Waals surface area contributed by atoms with E-state index in [-0.39, 0.29) is 12.2 Å². The summed E-state index contributed by atoms with van der Waals surface area (Å²) in [5, 5.41) is 8.53. The standard InChI is InChI=1S/C19H26N2O2.C2H4O2/c1-13(2)22-12-14-5-10-18(19-17(14)4-3-11-21-19)23-16-8-6-15(20)7-9-16;1-2(3)4/h3-5,10-11,13,15-16H,6-9,12,20H2,1-2H3;1H3,(H,3,4). The zero-order valence-corrected chi connectivity index (χ0v) is 16.4. The number of carboxylic acid groups (broad SMARTS) is 1. The van der Waals surface area contributed by atoms with Crippen molar-refractivity contribution in [1.82, 2.24) is 4.98 Å². The number of ether oxygens (including phenoxy) is 2. The average Bonchev–Trinajstić information content (AvgIpc) is 2.62. The van der Waals surface area contributed by atoms with Gasteiger partial charge in [0.25, 0.3) is 5.97 Å². The Morgan fingerprint density at radius 2 is 1.93 bits per heavy atom. The molecule has 1 fully saturated rings. The first-order chi connectivity index (χ1) is 12.9. The maximum absolute atomic E-state index is 9.00. The fourth-order valence-corrected chi connectivity index (χ4v) is 3.07. The summed E-state index contributed by atoms with van der Waals surface area (Å²) in [6, 6.07) is 8.51. The summed E-state index contributed by atoms with van der Waals surface area (Å²) in [7, 11) is 0. The maximum atomic E-state index is 9.00. The van der Waals surface area contributed by atoms with Gasteiger partial charge >= 0.3 is 0 Å². The maximum Gasteiger partial charge on any atom is 0.300 e. The molecule has 1 aromatic carbocycles. The summed E-state index contributed by atoms with van der Waals surface area (Å²) in [5.41, 5.74) is 8.05. The van der Waals surface area contributed by atoms with E-state index in [9.17, 15) is 0 Å². The average molecular weight is 374 g/mol. The van der Waals surface area contributed by atoms with Crippen molar-refractivity contribution in [2.75, 3.05) is 0 Å². The highest BCUT2D eigenvalue weighted by molar-refractivity contribution is 5.87. The predicted molar refractivity (Wildman–Crippen MR) is 106 cm³/mol. The third kappa shape index (κ3) is 6.81. The van der Waals surface area contributed by atoms with Crippen LogP contribution in [0.15, 0.2) is 30.5 Å². The van der Waals surface area contributed by atoms with Crippen molar-refractivity contribution in [2.24, 2.45) is 5.73 Å². The third-order valence-electron chi connectivity index (χ3n) is 4.41. The number of fused-ring (bicyclic) bond motifs is 1. The number of nitrogens with zero attached hydrogens (tertiary/aromatic N) is 1. The van der Waals surface area contributed by atoms with E-state index in [0.29, 0.717) is 12.6 Å². The fraction of sp³-hybridized carbons (Fsp3) is 0.524. The molecule has 6 heteroatoms. The minimum atomic E-state index is -0.833.